The van der Waals surface area contributed by atoms with Crippen LogP contribution in [0.5, 0.6) is 0 Å². The van der Waals surface area contributed by atoms with Gasteiger partial charge in [-0.2, -0.15) is 0 Å². The van der Waals surface area contributed by atoms with Crippen molar-refractivity contribution in [2.24, 2.45) is 0 Å². The summed E-state index contributed by atoms with van der Waals surface area (Å²) in [6.45, 7) is 6.65. The summed E-state index contributed by atoms with van der Waals surface area (Å²) in [5.41, 5.74) is 1.44. The molecule has 0 unspecified atom stereocenters. The maximum absolute atomic E-state index is 12.9. The number of halogens is 1. The fraction of sp³-hybridized carbons (Fsp3) is 0.364. The molecule has 2 atom stereocenters. The van der Waals surface area contributed by atoms with Crippen LogP contribution >= 0.6 is 11.6 Å². The van der Waals surface area contributed by atoms with Crippen molar-refractivity contribution in [1.82, 2.24) is 0 Å². The molecule has 2 N–H and O–H groups in total. The average Bonchev–Trinajstić information content (AvgIpc) is 2.67. The Morgan fingerprint density at radius 2 is 1.79 bits per heavy atom. The molecule has 1 saturated heterocycles. The summed E-state index contributed by atoms with van der Waals surface area (Å²) in [7, 11) is 0. The molecule has 2 aromatic rings. The average molecular weight is 402 g/mol. The summed E-state index contributed by atoms with van der Waals surface area (Å²) in [4.78, 5) is 26.7. The number of ether oxygens (including phenoxy) is 1. The number of nitrogens with one attached hydrogen (secondary N) is 2. The zero-order valence-electron chi connectivity index (χ0n) is 16.2. The molecule has 1 amide bonds. The van der Waals surface area contributed by atoms with E-state index in [0.717, 1.165) is 19.6 Å². The molecule has 1 heterocycles. The molecule has 1 fully saturated rings. The van der Waals surface area contributed by atoms with E-state index in [4.69, 9.17) is 16.3 Å². The van der Waals surface area contributed by atoms with Crippen LogP contribution in [0.15, 0.2) is 48.5 Å². The van der Waals surface area contributed by atoms with Crippen LogP contribution in [0, 0.1) is 0 Å². The molecule has 0 aliphatic carbocycles. The molecular formula is C22H26ClN2O3+. The van der Waals surface area contributed by atoms with Gasteiger partial charge in [-0.1, -0.05) is 41.9 Å². The number of carbonyl (C=O) groups excluding carboxylic acids is 2. The van der Waals surface area contributed by atoms with E-state index in [1.54, 1.807) is 30.3 Å². The number of benzene rings is 2. The molecule has 3 rings (SSSR count). The Kier molecular flexibility index (Phi) is 6.83. The highest BCUT2D eigenvalue weighted by Crippen LogP contribution is 2.24. The van der Waals surface area contributed by atoms with E-state index in [9.17, 15) is 9.59 Å². The van der Waals surface area contributed by atoms with E-state index in [1.807, 2.05) is 18.2 Å². The molecule has 148 valence electrons. The van der Waals surface area contributed by atoms with Crippen LogP contribution in [0.1, 0.15) is 36.2 Å². The lowest BCUT2D eigenvalue weighted by Crippen LogP contribution is -3.15. The second-order valence-corrected chi connectivity index (χ2v) is 7.79. The number of ketones is 1. The van der Waals surface area contributed by atoms with Crippen LogP contribution in [0.3, 0.4) is 0 Å². The summed E-state index contributed by atoms with van der Waals surface area (Å²) in [5, 5.41) is 3.34. The van der Waals surface area contributed by atoms with Crippen LogP contribution in [-0.2, 0) is 9.53 Å². The predicted molar refractivity (Wildman–Crippen MR) is 110 cm³/mol. The van der Waals surface area contributed by atoms with Gasteiger partial charge in [-0.05, 0) is 32.0 Å². The number of rotatable bonds is 6. The molecule has 6 heteroatoms. The molecule has 1 aliphatic rings. The Balaban J connectivity index is 1.67. The molecule has 0 saturated carbocycles. The Labute approximate surface area is 170 Å². The number of hydrogen-bond donors (Lipinski definition) is 2. The van der Waals surface area contributed by atoms with E-state index in [0.29, 0.717) is 28.3 Å². The van der Waals surface area contributed by atoms with Gasteiger partial charge in [-0.3, -0.25) is 9.59 Å². The minimum absolute atomic E-state index is 0.108. The van der Waals surface area contributed by atoms with Crippen LogP contribution in [0.4, 0.5) is 5.69 Å². The first-order valence-corrected chi connectivity index (χ1v) is 9.98. The minimum Gasteiger partial charge on any atom is -0.364 e. The summed E-state index contributed by atoms with van der Waals surface area (Å²) in [6.07, 6.45) is 0.789. The maximum Gasteiger partial charge on any atom is 0.230 e. The third kappa shape index (κ3) is 5.41. The fourth-order valence-corrected chi connectivity index (χ4v) is 3.83. The Hall–Kier alpha value is -2.21. The van der Waals surface area contributed by atoms with E-state index >= 15 is 0 Å². The van der Waals surface area contributed by atoms with Crippen molar-refractivity contribution in [3.8, 4) is 0 Å². The van der Waals surface area contributed by atoms with Gasteiger partial charge < -0.3 is 15.0 Å². The molecule has 0 spiro atoms. The van der Waals surface area contributed by atoms with Gasteiger partial charge in [0.25, 0.3) is 0 Å². The monoisotopic (exact) mass is 401 g/mol. The zero-order chi connectivity index (χ0) is 20.1. The molecule has 5 nitrogen and oxygen atoms in total. The Morgan fingerprint density at radius 3 is 2.46 bits per heavy atom. The maximum atomic E-state index is 12.9. The largest absolute Gasteiger partial charge is 0.364 e. The van der Waals surface area contributed by atoms with Gasteiger partial charge >= 0.3 is 0 Å². The lowest BCUT2D eigenvalue weighted by molar-refractivity contribution is -0.914. The second-order valence-electron chi connectivity index (χ2n) is 7.35. The summed E-state index contributed by atoms with van der Waals surface area (Å²) in [6, 6.07) is 13.9. The van der Waals surface area contributed by atoms with Gasteiger partial charge in [0.05, 0.1) is 18.7 Å². The minimum atomic E-state index is -0.167. The van der Waals surface area contributed by atoms with Crippen molar-refractivity contribution < 1.29 is 19.2 Å². The van der Waals surface area contributed by atoms with Crippen molar-refractivity contribution in [3.05, 3.63) is 64.7 Å². The molecular weight excluding hydrogens is 376 g/mol. The summed E-state index contributed by atoms with van der Waals surface area (Å²) in [5.74, 6) is -0.274. The second kappa shape index (κ2) is 9.32. The highest BCUT2D eigenvalue weighted by molar-refractivity contribution is 6.31. The number of anilines is 1. The molecule has 2 aromatic carbocycles. The highest BCUT2D eigenvalue weighted by atomic mass is 35.5. The third-order valence-corrected chi connectivity index (χ3v) is 5.09. The standard InChI is InChI=1S/C22H25ClN2O3/c1-15-13-25(14-16(2)28-15)11-10-21(26)24-20-9-8-18(23)12-19(20)22(27)17-6-4-3-5-7-17/h3-9,12,15-16H,10-11,13-14H2,1-2H3,(H,24,26)/p+1/t15-,16-/m0/s1. The fourth-order valence-electron chi connectivity index (χ4n) is 3.65. The topological polar surface area (TPSA) is 59.8 Å². The smallest absolute Gasteiger partial charge is 0.230 e. The molecule has 0 aromatic heterocycles. The van der Waals surface area contributed by atoms with E-state index in [2.05, 4.69) is 19.2 Å². The van der Waals surface area contributed by atoms with Crippen molar-refractivity contribution in [2.75, 3.05) is 25.0 Å². The summed E-state index contributed by atoms with van der Waals surface area (Å²) >= 11 is 6.09. The molecule has 0 radical (unpaired) electrons. The zero-order valence-corrected chi connectivity index (χ0v) is 17.0. The van der Waals surface area contributed by atoms with Crippen LogP contribution in [0.2, 0.25) is 5.02 Å². The van der Waals surface area contributed by atoms with Gasteiger partial charge in [0.15, 0.2) is 5.78 Å². The number of hydrogen-bond acceptors (Lipinski definition) is 3. The van der Waals surface area contributed by atoms with E-state index in [-0.39, 0.29) is 23.9 Å². The third-order valence-electron chi connectivity index (χ3n) is 4.86. The molecule has 1 aliphatic heterocycles. The lowest BCUT2D eigenvalue weighted by atomic mass is 10.0. The number of carbonyl (C=O) groups is 2. The van der Waals surface area contributed by atoms with Gasteiger partial charge in [0, 0.05) is 16.1 Å². The number of morpholine rings is 1. The number of quaternary nitrogens is 1. The van der Waals surface area contributed by atoms with E-state index in [1.165, 1.54) is 4.90 Å². The van der Waals surface area contributed by atoms with Crippen LogP contribution in [-0.4, -0.2) is 43.5 Å². The normalized spacial score (nSPS) is 21.9. The highest BCUT2D eigenvalue weighted by Gasteiger charge is 2.26. The van der Waals surface area contributed by atoms with Crippen LogP contribution < -0.4 is 10.2 Å². The summed E-state index contributed by atoms with van der Waals surface area (Å²) < 4.78 is 5.74. The van der Waals surface area contributed by atoms with Crippen molar-refractivity contribution in [3.63, 3.8) is 0 Å². The first-order valence-electron chi connectivity index (χ1n) is 9.60. The molecule has 28 heavy (non-hydrogen) atoms. The van der Waals surface area contributed by atoms with Gasteiger partial charge in [-0.25, -0.2) is 0 Å². The lowest BCUT2D eigenvalue weighted by Gasteiger charge is -2.32. The van der Waals surface area contributed by atoms with Crippen molar-refractivity contribution >= 4 is 29.0 Å². The van der Waals surface area contributed by atoms with Crippen molar-refractivity contribution in [2.45, 2.75) is 32.5 Å². The first kappa shape index (κ1) is 20.5. The van der Waals surface area contributed by atoms with Gasteiger partial charge in [0.1, 0.15) is 25.3 Å². The quantitative estimate of drug-likeness (QED) is 0.731. The Bertz CT molecular complexity index is 831. The predicted octanol–water partition coefficient (Wildman–Crippen LogP) is 2.59. The SMILES string of the molecule is C[C@H]1C[NH+](CCC(=O)Nc2ccc(Cl)cc2C(=O)c2ccccc2)C[C@H](C)O1. The van der Waals surface area contributed by atoms with Crippen molar-refractivity contribution in [1.29, 1.82) is 0 Å². The van der Waals surface area contributed by atoms with E-state index < -0.39 is 0 Å². The number of amides is 1. The first-order chi connectivity index (χ1) is 13.4. The van der Waals surface area contributed by atoms with Gasteiger partial charge in [-0.15, -0.1) is 0 Å². The van der Waals surface area contributed by atoms with Crippen LogP contribution in [0.25, 0.3) is 0 Å². The Morgan fingerprint density at radius 1 is 1.11 bits per heavy atom. The van der Waals surface area contributed by atoms with Gasteiger partial charge in [0.2, 0.25) is 5.91 Å². The molecule has 0 bridgehead atoms.